The summed E-state index contributed by atoms with van der Waals surface area (Å²) in [6.45, 7) is 0.878. The fraction of sp³-hybridized carbons (Fsp3) is 0.333. The van der Waals surface area contributed by atoms with Gasteiger partial charge in [-0.1, -0.05) is 49.6 Å². The molecule has 0 atom stereocenters. The lowest BCUT2D eigenvalue weighted by Crippen LogP contribution is -2.36. The van der Waals surface area contributed by atoms with Crippen molar-refractivity contribution in [2.24, 2.45) is 0 Å². The monoisotopic (exact) mass is 390 g/mol. The third kappa shape index (κ3) is 6.69. The second-order valence-corrected chi connectivity index (χ2v) is 7.06. The first-order valence-corrected chi connectivity index (χ1v) is 10.1. The number of carbonyl (C=O) groups is 1. The number of nitrogens with one attached hydrogen (secondary N) is 1. The summed E-state index contributed by atoms with van der Waals surface area (Å²) in [6, 6.07) is 19.1. The maximum absolute atomic E-state index is 12.4. The minimum Gasteiger partial charge on any atom is -0.490 e. The lowest BCUT2D eigenvalue weighted by Gasteiger charge is -2.22. The molecule has 0 saturated heterocycles. The van der Waals surface area contributed by atoms with E-state index < -0.39 is 0 Å². The van der Waals surface area contributed by atoms with Crippen LogP contribution in [0.3, 0.4) is 0 Å². The number of rotatable bonds is 8. The summed E-state index contributed by atoms with van der Waals surface area (Å²) in [5.41, 5.74) is 0.911. The standard InChI is InChI=1S/C24H26N2O3/c25-18-20(24(27)26-21-7-3-1-4-8-21)17-19-11-13-23(14-12-19)29-16-15-28-22-9-5-2-6-10-22/h2,5-6,9-14,17,21H,1,3-4,7-8,15-16H2,(H,26,27)/b20-17+. The Morgan fingerprint density at radius 2 is 1.59 bits per heavy atom. The maximum atomic E-state index is 12.4. The molecule has 150 valence electrons. The number of hydrogen-bond acceptors (Lipinski definition) is 4. The highest BCUT2D eigenvalue weighted by molar-refractivity contribution is 6.01. The lowest BCUT2D eigenvalue weighted by molar-refractivity contribution is -0.117. The van der Waals surface area contributed by atoms with E-state index in [1.165, 1.54) is 6.42 Å². The van der Waals surface area contributed by atoms with Crippen molar-refractivity contribution in [3.8, 4) is 17.6 Å². The highest BCUT2D eigenvalue weighted by Crippen LogP contribution is 2.19. The number of nitrogens with zero attached hydrogens (tertiary/aromatic N) is 1. The van der Waals surface area contributed by atoms with E-state index in [1.54, 1.807) is 6.08 Å². The van der Waals surface area contributed by atoms with Crippen molar-refractivity contribution in [3.63, 3.8) is 0 Å². The smallest absolute Gasteiger partial charge is 0.262 e. The molecule has 0 aromatic heterocycles. The minimum atomic E-state index is -0.294. The van der Waals surface area contributed by atoms with Gasteiger partial charge in [-0.05, 0) is 48.7 Å². The number of benzene rings is 2. The largest absolute Gasteiger partial charge is 0.490 e. The van der Waals surface area contributed by atoms with Crippen LogP contribution in [0.1, 0.15) is 37.7 Å². The number of amides is 1. The molecule has 1 aliphatic carbocycles. The number of para-hydroxylation sites is 1. The average Bonchev–Trinajstić information content (AvgIpc) is 2.77. The van der Waals surface area contributed by atoms with Crippen molar-refractivity contribution < 1.29 is 14.3 Å². The van der Waals surface area contributed by atoms with Crippen molar-refractivity contribution in [2.45, 2.75) is 38.1 Å². The number of ether oxygens (including phenoxy) is 2. The maximum Gasteiger partial charge on any atom is 0.262 e. The van der Waals surface area contributed by atoms with Gasteiger partial charge in [0.15, 0.2) is 0 Å². The summed E-state index contributed by atoms with van der Waals surface area (Å²) in [5.74, 6) is 1.23. The van der Waals surface area contributed by atoms with Gasteiger partial charge in [0.2, 0.25) is 0 Å². The predicted molar refractivity (Wildman–Crippen MR) is 112 cm³/mol. The van der Waals surface area contributed by atoms with Gasteiger partial charge < -0.3 is 14.8 Å². The van der Waals surface area contributed by atoms with E-state index in [2.05, 4.69) is 5.32 Å². The SMILES string of the molecule is N#C/C(=C\c1ccc(OCCOc2ccccc2)cc1)C(=O)NC1CCCCC1. The van der Waals surface area contributed by atoms with Crippen molar-refractivity contribution >= 4 is 12.0 Å². The molecule has 0 heterocycles. The van der Waals surface area contributed by atoms with Gasteiger partial charge in [-0.25, -0.2) is 0 Å². The summed E-state index contributed by atoms with van der Waals surface area (Å²) >= 11 is 0. The molecule has 3 rings (SSSR count). The number of carbonyl (C=O) groups excluding carboxylic acids is 1. The minimum absolute atomic E-state index is 0.125. The molecule has 0 bridgehead atoms. The zero-order valence-corrected chi connectivity index (χ0v) is 16.5. The van der Waals surface area contributed by atoms with E-state index in [4.69, 9.17) is 9.47 Å². The van der Waals surface area contributed by atoms with Crippen LogP contribution in [0, 0.1) is 11.3 Å². The highest BCUT2D eigenvalue weighted by atomic mass is 16.5. The number of hydrogen-bond donors (Lipinski definition) is 1. The Bertz CT molecular complexity index is 848. The first-order chi connectivity index (χ1) is 14.2. The molecule has 2 aromatic carbocycles. The normalized spacial score (nSPS) is 14.7. The van der Waals surface area contributed by atoms with E-state index in [0.29, 0.717) is 19.0 Å². The van der Waals surface area contributed by atoms with E-state index in [9.17, 15) is 10.1 Å². The van der Waals surface area contributed by atoms with Crippen molar-refractivity contribution in [3.05, 3.63) is 65.7 Å². The Morgan fingerprint density at radius 1 is 0.966 bits per heavy atom. The Morgan fingerprint density at radius 3 is 2.21 bits per heavy atom. The van der Waals surface area contributed by atoms with Gasteiger partial charge in [0.05, 0.1) is 0 Å². The molecule has 29 heavy (non-hydrogen) atoms. The van der Waals surface area contributed by atoms with Gasteiger partial charge in [-0.15, -0.1) is 0 Å². The fourth-order valence-electron chi connectivity index (χ4n) is 3.32. The van der Waals surface area contributed by atoms with Crippen LogP contribution >= 0.6 is 0 Å². The third-order valence-electron chi connectivity index (χ3n) is 4.86. The van der Waals surface area contributed by atoms with Crippen molar-refractivity contribution in [2.75, 3.05) is 13.2 Å². The van der Waals surface area contributed by atoms with E-state index in [0.717, 1.165) is 37.0 Å². The van der Waals surface area contributed by atoms with Crippen LogP contribution in [-0.4, -0.2) is 25.2 Å². The summed E-state index contributed by atoms with van der Waals surface area (Å²) in [7, 11) is 0. The van der Waals surface area contributed by atoms with Crippen LogP contribution in [0.25, 0.3) is 6.08 Å². The Hall–Kier alpha value is -3.26. The fourth-order valence-corrected chi connectivity index (χ4v) is 3.32. The zero-order valence-electron chi connectivity index (χ0n) is 16.5. The molecule has 5 heteroatoms. The number of nitriles is 1. The van der Waals surface area contributed by atoms with Gasteiger partial charge in [-0.3, -0.25) is 4.79 Å². The van der Waals surface area contributed by atoms with Gasteiger partial charge in [0, 0.05) is 6.04 Å². The molecule has 1 aliphatic rings. The molecule has 1 N–H and O–H groups in total. The molecule has 1 fully saturated rings. The molecule has 1 saturated carbocycles. The molecule has 5 nitrogen and oxygen atoms in total. The average molecular weight is 390 g/mol. The predicted octanol–water partition coefficient (Wildman–Crippen LogP) is 4.50. The third-order valence-corrected chi connectivity index (χ3v) is 4.86. The van der Waals surface area contributed by atoms with Crippen LogP contribution in [-0.2, 0) is 4.79 Å². The zero-order chi connectivity index (χ0) is 20.3. The molecule has 0 unspecified atom stereocenters. The first kappa shape index (κ1) is 20.5. The summed E-state index contributed by atoms with van der Waals surface area (Å²) in [5, 5.41) is 12.3. The molecule has 0 radical (unpaired) electrons. The molecule has 0 spiro atoms. The molecule has 2 aromatic rings. The Balaban J connectivity index is 1.48. The summed E-state index contributed by atoms with van der Waals surface area (Å²) < 4.78 is 11.3. The van der Waals surface area contributed by atoms with Crippen molar-refractivity contribution in [1.82, 2.24) is 5.32 Å². The van der Waals surface area contributed by atoms with Gasteiger partial charge in [0.1, 0.15) is 36.4 Å². The second kappa shape index (κ2) is 10.9. The van der Waals surface area contributed by atoms with Crippen LogP contribution in [0.4, 0.5) is 0 Å². The Kier molecular flexibility index (Phi) is 7.71. The van der Waals surface area contributed by atoms with E-state index in [-0.39, 0.29) is 17.5 Å². The van der Waals surface area contributed by atoms with Crippen LogP contribution in [0.2, 0.25) is 0 Å². The summed E-state index contributed by atoms with van der Waals surface area (Å²) in [6.07, 6.45) is 7.08. The van der Waals surface area contributed by atoms with Crippen LogP contribution < -0.4 is 14.8 Å². The molecule has 1 amide bonds. The quantitative estimate of drug-likeness (QED) is 0.409. The van der Waals surface area contributed by atoms with Crippen LogP contribution in [0.15, 0.2) is 60.2 Å². The second-order valence-electron chi connectivity index (χ2n) is 7.06. The molecular weight excluding hydrogens is 364 g/mol. The van der Waals surface area contributed by atoms with Gasteiger partial charge in [0.25, 0.3) is 5.91 Å². The Labute approximate surface area is 172 Å². The van der Waals surface area contributed by atoms with Gasteiger partial charge >= 0.3 is 0 Å². The van der Waals surface area contributed by atoms with Gasteiger partial charge in [-0.2, -0.15) is 5.26 Å². The topological polar surface area (TPSA) is 71.3 Å². The first-order valence-electron chi connectivity index (χ1n) is 10.1. The molecule has 0 aliphatic heterocycles. The van der Waals surface area contributed by atoms with Crippen LogP contribution in [0.5, 0.6) is 11.5 Å². The lowest BCUT2D eigenvalue weighted by atomic mass is 9.95. The van der Waals surface area contributed by atoms with Crippen molar-refractivity contribution in [1.29, 1.82) is 5.26 Å². The van der Waals surface area contributed by atoms with E-state index in [1.807, 2.05) is 60.7 Å². The highest BCUT2D eigenvalue weighted by Gasteiger charge is 2.18. The summed E-state index contributed by atoms with van der Waals surface area (Å²) in [4.78, 5) is 12.4. The van der Waals surface area contributed by atoms with E-state index >= 15 is 0 Å². The molecular formula is C24H26N2O3.